The second kappa shape index (κ2) is 6.54. The highest BCUT2D eigenvalue weighted by atomic mass is 15.3. The first-order chi connectivity index (χ1) is 13.3. The van der Waals surface area contributed by atoms with Crippen molar-refractivity contribution in [3.63, 3.8) is 0 Å². The minimum absolute atomic E-state index is 0.449. The third-order valence-corrected chi connectivity index (χ3v) is 5.52. The van der Waals surface area contributed by atoms with Gasteiger partial charge in [-0.3, -0.25) is 4.68 Å². The maximum Gasteiger partial charge on any atom is 0.152 e. The molecule has 0 spiro atoms. The highest BCUT2D eigenvalue weighted by Gasteiger charge is 2.23. The normalized spacial score (nSPS) is 15.4. The molecule has 1 fully saturated rings. The molecule has 0 bridgehead atoms. The topological polar surface area (TPSA) is 74.0 Å². The maximum atomic E-state index is 6.28. The average Bonchev–Trinajstić information content (AvgIpc) is 3.35. The molecule has 3 aromatic heterocycles. The summed E-state index contributed by atoms with van der Waals surface area (Å²) in [6, 6.07) is 14.9. The van der Waals surface area contributed by atoms with Crippen LogP contribution in [-0.4, -0.2) is 24.4 Å². The summed E-state index contributed by atoms with van der Waals surface area (Å²) in [5.41, 5.74) is 11.3. The van der Waals surface area contributed by atoms with E-state index in [9.17, 15) is 0 Å². The molecule has 4 aromatic rings. The summed E-state index contributed by atoms with van der Waals surface area (Å²) in [7, 11) is 0. The Labute approximate surface area is 157 Å². The van der Waals surface area contributed by atoms with Gasteiger partial charge in [-0.25, -0.2) is 9.50 Å². The monoisotopic (exact) mass is 358 g/mol. The smallest absolute Gasteiger partial charge is 0.152 e. The van der Waals surface area contributed by atoms with Gasteiger partial charge in [-0.2, -0.15) is 10.2 Å². The zero-order valence-electron chi connectivity index (χ0n) is 15.1. The van der Waals surface area contributed by atoms with E-state index >= 15 is 0 Å². The lowest BCUT2D eigenvalue weighted by atomic mass is 9.95. The number of nitrogens with two attached hydrogens (primary N) is 1. The van der Waals surface area contributed by atoms with Crippen molar-refractivity contribution in [1.82, 2.24) is 24.4 Å². The zero-order chi connectivity index (χ0) is 18.2. The van der Waals surface area contributed by atoms with Crippen molar-refractivity contribution < 1.29 is 0 Å². The van der Waals surface area contributed by atoms with Gasteiger partial charge in [0.15, 0.2) is 5.82 Å². The molecule has 0 unspecified atom stereocenters. The van der Waals surface area contributed by atoms with Crippen LogP contribution in [-0.2, 0) is 0 Å². The molecule has 136 valence electrons. The standard InChI is InChI=1S/C21H22N6/c22-21-20-17(18-11-12-24-26(18)16-9-5-2-6-10-16)13-19(27(20)25-14-23-21)15-7-3-1-4-8-15/h1,3-4,7-8,11-14,16H,2,5-6,9-10H2,(H2,22,23,25). The number of nitrogens with zero attached hydrogens (tertiary/aromatic N) is 5. The van der Waals surface area contributed by atoms with Gasteiger partial charge in [0.1, 0.15) is 11.8 Å². The lowest BCUT2D eigenvalue weighted by molar-refractivity contribution is 0.332. The molecule has 0 atom stereocenters. The summed E-state index contributed by atoms with van der Waals surface area (Å²) in [4.78, 5) is 4.24. The van der Waals surface area contributed by atoms with Crippen LogP contribution >= 0.6 is 0 Å². The van der Waals surface area contributed by atoms with E-state index in [1.807, 2.05) is 28.9 Å². The van der Waals surface area contributed by atoms with Crippen molar-refractivity contribution in [3.8, 4) is 22.5 Å². The Bertz CT molecular complexity index is 1070. The first kappa shape index (κ1) is 16.1. The molecule has 3 heterocycles. The van der Waals surface area contributed by atoms with E-state index in [0.717, 1.165) is 28.0 Å². The minimum Gasteiger partial charge on any atom is -0.382 e. The second-order valence-electron chi connectivity index (χ2n) is 7.17. The zero-order valence-corrected chi connectivity index (χ0v) is 15.1. The Morgan fingerprint density at radius 1 is 0.926 bits per heavy atom. The third-order valence-electron chi connectivity index (χ3n) is 5.52. The Balaban J connectivity index is 1.72. The highest BCUT2D eigenvalue weighted by Crippen LogP contribution is 2.37. The fourth-order valence-corrected chi connectivity index (χ4v) is 4.22. The molecule has 0 radical (unpaired) electrons. The average molecular weight is 358 g/mol. The summed E-state index contributed by atoms with van der Waals surface area (Å²) < 4.78 is 4.07. The predicted molar refractivity (Wildman–Crippen MR) is 106 cm³/mol. The Kier molecular flexibility index (Phi) is 3.89. The Morgan fingerprint density at radius 2 is 1.74 bits per heavy atom. The summed E-state index contributed by atoms with van der Waals surface area (Å²) in [6.07, 6.45) is 9.60. The number of fused-ring (bicyclic) bond motifs is 1. The number of anilines is 1. The molecule has 6 nitrogen and oxygen atoms in total. The van der Waals surface area contributed by atoms with E-state index in [1.165, 1.54) is 38.4 Å². The van der Waals surface area contributed by atoms with Crippen LogP contribution in [0.15, 0.2) is 55.0 Å². The number of hydrogen-bond donors (Lipinski definition) is 1. The molecule has 1 aromatic carbocycles. The van der Waals surface area contributed by atoms with Crippen LogP contribution in [0.5, 0.6) is 0 Å². The lowest BCUT2D eigenvalue weighted by Gasteiger charge is -2.23. The van der Waals surface area contributed by atoms with E-state index in [1.54, 1.807) is 0 Å². The third kappa shape index (κ3) is 2.68. The van der Waals surface area contributed by atoms with E-state index in [0.29, 0.717) is 11.9 Å². The van der Waals surface area contributed by atoms with Crippen molar-refractivity contribution in [2.45, 2.75) is 38.1 Å². The minimum atomic E-state index is 0.449. The molecule has 0 amide bonds. The first-order valence-corrected chi connectivity index (χ1v) is 9.54. The van der Waals surface area contributed by atoms with Crippen molar-refractivity contribution in [2.24, 2.45) is 0 Å². The summed E-state index contributed by atoms with van der Waals surface area (Å²) in [6.45, 7) is 0. The van der Waals surface area contributed by atoms with Gasteiger partial charge >= 0.3 is 0 Å². The largest absolute Gasteiger partial charge is 0.382 e. The van der Waals surface area contributed by atoms with Crippen LogP contribution in [0.1, 0.15) is 38.1 Å². The van der Waals surface area contributed by atoms with Gasteiger partial charge in [-0.05, 0) is 25.0 Å². The SMILES string of the molecule is Nc1ncnn2c(-c3ccccc3)cc(-c3ccnn3C3CCCCC3)c12. The van der Waals surface area contributed by atoms with E-state index in [2.05, 4.69) is 44.1 Å². The van der Waals surface area contributed by atoms with Gasteiger partial charge in [0.25, 0.3) is 0 Å². The summed E-state index contributed by atoms with van der Waals surface area (Å²) in [5.74, 6) is 0.485. The first-order valence-electron chi connectivity index (χ1n) is 9.54. The fourth-order valence-electron chi connectivity index (χ4n) is 4.22. The van der Waals surface area contributed by atoms with Crippen molar-refractivity contribution >= 4 is 11.3 Å². The molecule has 27 heavy (non-hydrogen) atoms. The molecular formula is C21H22N6. The van der Waals surface area contributed by atoms with Crippen LogP contribution in [0, 0.1) is 0 Å². The van der Waals surface area contributed by atoms with Crippen LogP contribution in [0.4, 0.5) is 5.82 Å². The summed E-state index contributed by atoms with van der Waals surface area (Å²) in [5, 5.41) is 9.15. The highest BCUT2D eigenvalue weighted by molar-refractivity contribution is 5.90. The van der Waals surface area contributed by atoms with Crippen LogP contribution in [0.3, 0.4) is 0 Å². The van der Waals surface area contributed by atoms with Gasteiger partial charge in [0, 0.05) is 17.3 Å². The van der Waals surface area contributed by atoms with Gasteiger partial charge in [-0.15, -0.1) is 0 Å². The molecular weight excluding hydrogens is 336 g/mol. The van der Waals surface area contributed by atoms with E-state index in [4.69, 9.17) is 5.73 Å². The molecule has 1 saturated carbocycles. The summed E-state index contributed by atoms with van der Waals surface area (Å²) >= 11 is 0. The number of aromatic nitrogens is 5. The molecule has 5 rings (SSSR count). The van der Waals surface area contributed by atoms with Crippen LogP contribution in [0.2, 0.25) is 0 Å². The van der Waals surface area contributed by atoms with Crippen LogP contribution < -0.4 is 5.73 Å². The number of nitrogen functional groups attached to an aromatic ring is 1. The second-order valence-corrected chi connectivity index (χ2v) is 7.17. The van der Waals surface area contributed by atoms with E-state index < -0.39 is 0 Å². The number of benzene rings is 1. The van der Waals surface area contributed by atoms with Crippen molar-refractivity contribution in [1.29, 1.82) is 0 Å². The van der Waals surface area contributed by atoms with Gasteiger partial charge in [0.05, 0.1) is 17.4 Å². The maximum absolute atomic E-state index is 6.28. The molecule has 2 N–H and O–H groups in total. The molecule has 1 aliphatic rings. The van der Waals surface area contributed by atoms with Crippen LogP contribution in [0.25, 0.3) is 28.0 Å². The quantitative estimate of drug-likeness (QED) is 0.591. The number of hydrogen-bond acceptors (Lipinski definition) is 4. The van der Waals surface area contributed by atoms with Gasteiger partial charge in [-0.1, -0.05) is 49.6 Å². The van der Waals surface area contributed by atoms with Crippen molar-refractivity contribution in [3.05, 3.63) is 55.0 Å². The predicted octanol–water partition coefficient (Wildman–Crippen LogP) is 4.35. The molecule has 0 aliphatic heterocycles. The van der Waals surface area contributed by atoms with Crippen molar-refractivity contribution in [2.75, 3.05) is 5.73 Å². The van der Waals surface area contributed by atoms with Gasteiger partial charge < -0.3 is 5.73 Å². The molecule has 0 saturated heterocycles. The Hall–Kier alpha value is -3.15. The fraction of sp³-hybridized carbons (Fsp3) is 0.286. The molecule has 1 aliphatic carbocycles. The van der Waals surface area contributed by atoms with E-state index in [-0.39, 0.29) is 0 Å². The lowest BCUT2D eigenvalue weighted by Crippen LogP contribution is -2.15. The number of rotatable bonds is 3. The Morgan fingerprint density at radius 3 is 2.56 bits per heavy atom. The molecule has 6 heteroatoms. The van der Waals surface area contributed by atoms with Gasteiger partial charge in [0.2, 0.25) is 0 Å².